The third-order valence-corrected chi connectivity index (χ3v) is 8.94. The van der Waals surface area contributed by atoms with E-state index in [1.165, 1.54) is 0 Å². The zero-order valence-electron chi connectivity index (χ0n) is 25.4. The number of piperazine rings is 1. The van der Waals surface area contributed by atoms with Crippen LogP contribution >= 0.6 is 0 Å². The number of nitrogens with zero attached hydrogens (tertiary/aromatic N) is 4. The number of carbonyl (C=O) groups is 1. The maximum atomic E-state index is 16.7. The number of rotatable bonds is 6. The van der Waals surface area contributed by atoms with Crippen LogP contribution in [-0.2, 0) is 4.79 Å². The zero-order chi connectivity index (χ0) is 32.6. The summed E-state index contributed by atoms with van der Waals surface area (Å²) >= 11 is 0. The first-order valence-electron chi connectivity index (χ1n) is 14.6. The molecule has 4 N–H and O–H groups in total. The average Bonchev–Trinajstić information content (AvgIpc) is 3.23. The SMILES string of the molecule is Cc1nc2c3c(nc(-c4cc(N)cc(F)c4OC(F)(F)F)c(F)c3c1C)OC(C)C1C3CCC(C(=O)NCCN(C)C)(CN21)N3. The van der Waals surface area contributed by atoms with Gasteiger partial charge in [0.1, 0.15) is 23.2 Å². The molecule has 0 aliphatic carbocycles. The molecule has 2 fully saturated rings. The van der Waals surface area contributed by atoms with E-state index in [2.05, 4.69) is 20.4 Å². The van der Waals surface area contributed by atoms with Crippen molar-refractivity contribution in [3.8, 4) is 22.9 Å². The molecule has 15 heteroatoms. The minimum Gasteiger partial charge on any atom is -0.472 e. The van der Waals surface area contributed by atoms with E-state index in [4.69, 9.17) is 15.5 Å². The fraction of sp³-hybridized carbons (Fsp3) is 0.500. The molecule has 6 rings (SSSR count). The molecule has 2 bridgehead atoms. The summed E-state index contributed by atoms with van der Waals surface area (Å²) < 4.78 is 81.9. The number of likely N-dealkylation sites (N-methyl/N-ethyl adjacent to an activating group) is 1. The summed E-state index contributed by atoms with van der Waals surface area (Å²) in [7, 11) is 3.83. The molecular weight excluding hydrogens is 601 g/mol. The van der Waals surface area contributed by atoms with E-state index >= 15 is 4.39 Å². The van der Waals surface area contributed by atoms with Crippen LogP contribution in [-0.4, -0.2) is 84.6 Å². The third-order valence-electron chi connectivity index (χ3n) is 8.94. The Morgan fingerprint density at radius 3 is 2.67 bits per heavy atom. The van der Waals surface area contributed by atoms with Crippen LogP contribution in [0, 0.1) is 25.5 Å². The van der Waals surface area contributed by atoms with E-state index in [1.54, 1.807) is 13.8 Å². The van der Waals surface area contributed by atoms with Crippen molar-refractivity contribution < 1.29 is 36.2 Å². The number of pyridine rings is 2. The number of anilines is 2. The van der Waals surface area contributed by atoms with Gasteiger partial charge in [-0.15, -0.1) is 13.2 Å². The molecule has 0 radical (unpaired) electrons. The van der Waals surface area contributed by atoms with Gasteiger partial charge in [-0.2, -0.15) is 0 Å². The molecule has 3 aliphatic heterocycles. The first-order valence-corrected chi connectivity index (χ1v) is 14.6. The fourth-order valence-electron chi connectivity index (χ4n) is 6.81. The quantitative estimate of drug-likeness (QED) is 0.275. The number of alkyl halides is 3. The number of nitrogen functional groups attached to an aromatic ring is 1. The van der Waals surface area contributed by atoms with Crippen LogP contribution < -0.4 is 30.7 Å². The van der Waals surface area contributed by atoms with Crippen molar-refractivity contribution in [2.75, 3.05) is 44.4 Å². The summed E-state index contributed by atoms with van der Waals surface area (Å²) in [6.07, 6.45) is -4.62. The van der Waals surface area contributed by atoms with Gasteiger partial charge in [-0.3, -0.25) is 10.1 Å². The van der Waals surface area contributed by atoms with Gasteiger partial charge < -0.3 is 30.3 Å². The summed E-state index contributed by atoms with van der Waals surface area (Å²) in [5.74, 6) is -3.60. The molecule has 1 aromatic carbocycles. The van der Waals surface area contributed by atoms with Gasteiger partial charge in [-0.05, 0) is 59.3 Å². The van der Waals surface area contributed by atoms with Crippen LogP contribution in [0.25, 0.3) is 22.0 Å². The van der Waals surface area contributed by atoms with E-state index < -0.39 is 46.6 Å². The standard InChI is InChI=1S/C30H34F5N7O3/c1-13-14(2)38-26-21-20(13)22(32)23(17-10-16(36)11-18(31)25(17)45-30(33,34)35)39-27(21)44-15(3)24-19-6-7-29(40-19,12-42(24)26)28(43)37-8-9-41(4)5/h10-11,15,19,24,40H,6-9,12,36H2,1-5H3,(H,37,43). The van der Waals surface area contributed by atoms with E-state index in [0.717, 1.165) is 6.07 Å². The van der Waals surface area contributed by atoms with Crippen molar-refractivity contribution in [1.82, 2.24) is 25.5 Å². The molecular formula is C30H34F5N7O3. The fourth-order valence-corrected chi connectivity index (χ4v) is 6.81. The second-order valence-corrected chi connectivity index (χ2v) is 12.3. The molecule has 4 atom stereocenters. The Labute approximate surface area is 256 Å². The van der Waals surface area contributed by atoms with Gasteiger partial charge in [0.15, 0.2) is 17.4 Å². The predicted octanol–water partition coefficient (Wildman–Crippen LogP) is 3.81. The van der Waals surface area contributed by atoms with Crippen LogP contribution in [0.5, 0.6) is 11.6 Å². The monoisotopic (exact) mass is 635 g/mol. The Balaban J connectivity index is 1.53. The van der Waals surface area contributed by atoms with Crippen LogP contribution in [0.2, 0.25) is 0 Å². The summed E-state index contributed by atoms with van der Waals surface area (Å²) in [6, 6.07) is 1.09. The molecule has 45 heavy (non-hydrogen) atoms. The van der Waals surface area contributed by atoms with E-state index in [1.807, 2.05) is 30.8 Å². The Kier molecular flexibility index (Phi) is 7.46. The highest BCUT2D eigenvalue weighted by Crippen LogP contribution is 2.48. The van der Waals surface area contributed by atoms with Crippen molar-refractivity contribution in [2.24, 2.45) is 0 Å². The number of nitrogens with one attached hydrogen (secondary N) is 2. The molecule has 2 aromatic heterocycles. The average molecular weight is 636 g/mol. The molecule has 3 aliphatic rings. The predicted molar refractivity (Wildman–Crippen MR) is 157 cm³/mol. The number of carbonyl (C=O) groups excluding carboxylic acids is 1. The Morgan fingerprint density at radius 1 is 1.24 bits per heavy atom. The number of benzene rings is 1. The lowest BCUT2D eigenvalue weighted by Gasteiger charge is -2.47. The summed E-state index contributed by atoms with van der Waals surface area (Å²) in [5, 5.41) is 6.76. The number of halogens is 5. The zero-order valence-corrected chi connectivity index (χ0v) is 25.4. The van der Waals surface area contributed by atoms with E-state index in [-0.39, 0.29) is 46.9 Å². The molecule has 2 saturated heterocycles. The van der Waals surface area contributed by atoms with Crippen LogP contribution in [0.15, 0.2) is 12.1 Å². The number of hydrogen-bond donors (Lipinski definition) is 3. The van der Waals surface area contributed by atoms with Crippen molar-refractivity contribution in [3.05, 3.63) is 35.0 Å². The lowest BCUT2D eigenvalue weighted by atomic mass is 9.93. The van der Waals surface area contributed by atoms with Gasteiger partial charge in [-0.1, -0.05) is 0 Å². The number of ether oxygens (including phenoxy) is 2. The number of nitrogens with two attached hydrogens (primary N) is 1. The first kappa shape index (κ1) is 31.0. The number of aromatic nitrogens is 2. The summed E-state index contributed by atoms with van der Waals surface area (Å²) in [5.41, 5.74) is 4.19. The van der Waals surface area contributed by atoms with Crippen molar-refractivity contribution in [1.29, 1.82) is 0 Å². The first-order chi connectivity index (χ1) is 21.1. The molecule has 3 aromatic rings. The van der Waals surface area contributed by atoms with Gasteiger partial charge in [-0.25, -0.2) is 18.7 Å². The molecule has 242 valence electrons. The Bertz CT molecular complexity index is 1700. The van der Waals surface area contributed by atoms with Crippen molar-refractivity contribution in [3.63, 3.8) is 0 Å². The molecule has 0 saturated carbocycles. The number of aryl methyl sites for hydroxylation is 2. The van der Waals surface area contributed by atoms with Gasteiger partial charge in [0.05, 0.1) is 17.0 Å². The van der Waals surface area contributed by atoms with Crippen molar-refractivity contribution >= 4 is 28.2 Å². The highest BCUT2D eigenvalue weighted by atomic mass is 19.4. The normalized spacial score (nSPS) is 24.0. The number of amides is 1. The molecule has 5 heterocycles. The van der Waals surface area contributed by atoms with Crippen LogP contribution in [0.3, 0.4) is 0 Å². The highest BCUT2D eigenvalue weighted by Gasteiger charge is 2.56. The minimum atomic E-state index is -5.27. The topological polar surface area (TPSA) is 118 Å². The van der Waals surface area contributed by atoms with Gasteiger partial charge >= 0.3 is 6.36 Å². The minimum absolute atomic E-state index is 0.00139. The molecule has 10 nitrogen and oxygen atoms in total. The molecule has 0 spiro atoms. The highest BCUT2D eigenvalue weighted by molar-refractivity contribution is 6.02. The maximum Gasteiger partial charge on any atom is 0.573 e. The number of hydrogen-bond acceptors (Lipinski definition) is 9. The Hall–Kier alpha value is -3.98. The van der Waals surface area contributed by atoms with Crippen LogP contribution in [0.4, 0.5) is 33.5 Å². The second-order valence-electron chi connectivity index (χ2n) is 12.3. The lowest BCUT2D eigenvalue weighted by Crippen LogP contribution is -2.71. The van der Waals surface area contributed by atoms with Crippen molar-refractivity contribution in [2.45, 2.75) is 63.7 Å². The summed E-state index contributed by atoms with van der Waals surface area (Å²) in [4.78, 5) is 26.7. The van der Waals surface area contributed by atoms with E-state index in [9.17, 15) is 22.4 Å². The van der Waals surface area contributed by atoms with Gasteiger partial charge in [0.2, 0.25) is 11.8 Å². The Morgan fingerprint density at radius 2 is 1.98 bits per heavy atom. The molecule has 1 amide bonds. The summed E-state index contributed by atoms with van der Waals surface area (Å²) in [6.45, 7) is 6.45. The maximum absolute atomic E-state index is 16.7. The largest absolute Gasteiger partial charge is 0.573 e. The smallest absolute Gasteiger partial charge is 0.472 e. The van der Waals surface area contributed by atoms with E-state index in [0.29, 0.717) is 49.1 Å². The lowest BCUT2D eigenvalue weighted by molar-refractivity contribution is -0.275. The van der Waals surface area contributed by atoms with Crippen LogP contribution in [0.1, 0.15) is 31.0 Å². The number of fused-ring (bicyclic) bond motifs is 5. The van der Waals surface area contributed by atoms with Gasteiger partial charge in [0, 0.05) is 48.5 Å². The molecule has 4 unspecified atom stereocenters. The van der Waals surface area contributed by atoms with Gasteiger partial charge in [0.25, 0.3) is 0 Å². The second kappa shape index (κ2) is 10.8. The third kappa shape index (κ3) is 5.25.